The Morgan fingerprint density at radius 3 is 2.11 bits per heavy atom. The molecule has 142 valence electrons. The normalized spacial score (nSPS) is 14.6. The minimum Gasteiger partial charge on any atom is -0.494 e. The summed E-state index contributed by atoms with van der Waals surface area (Å²) in [5.41, 5.74) is 2.32. The lowest BCUT2D eigenvalue weighted by atomic mass is 10.1. The highest BCUT2D eigenvalue weighted by atomic mass is 16.5. The van der Waals surface area contributed by atoms with Gasteiger partial charge in [0.05, 0.1) is 6.61 Å². The highest BCUT2D eigenvalue weighted by Gasteiger charge is 2.23. The van der Waals surface area contributed by atoms with Gasteiger partial charge in [-0.3, -0.25) is 9.59 Å². The average molecular weight is 366 g/mol. The van der Waals surface area contributed by atoms with Crippen molar-refractivity contribution in [3.8, 4) is 5.75 Å². The fraction of sp³-hybridized carbons (Fsp3) is 0.364. The van der Waals surface area contributed by atoms with Crippen molar-refractivity contribution >= 4 is 11.8 Å². The summed E-state index contributed by atoms with van der Waals surface area (Å²) in [5, 5.41) is 0. The van der Waals surface area contributed by atoms with Gasteiger partial charge in [0.15, 0.2) is 0 Å². The van der Waals surface area contributed by atoms with Crippen LogP contribution >= 0.6 is 0 Å². The Morgan fingerprint density at radius 1 is 0.889 bits per heavy atom. The molecule has 5 heteroatoms. The van der Waals surface area contributed by atoms with Crippen LogP contribution in [-0.2, 0) is 0 Å². The van der Waals surface area contributed by atoms with Crippen LogP contribution in [0.3, 0.4) is 0 Å². The average Bonchev–Trinajstić information content (AvgIpc) is 2.95. The topological polar surface area (TPSA) is 49.9 Å². The van der Waals surface area contributed by atoms with E-state index in [4.69, 9.17) is 4.74 Å². The number of benzene rings is 2. The van der Waals surface area contributed by atoms with Crippen molar-refractivity contribution in [2.24, 2.45) is 0 Å². The highest BCUT2D eigenvalue weighted by Crippen LogP contribution is 2.20. The molecule has 0 bridgehead atoms. The van der Waals surface area contributed by atoms with E-state index in [1.807, 2.05) is 72.2 Å². The van der Waals surface area contributed by atoms with Crippen molar-refractivity contribution in [3.05, 3.63) is 65.2 Å². The van der Waals surface area contributed by atoms with Gasteiger partial charge in [-0.1, -0.05) is 18.2 Å². The van der Waals surface area contributed by atoms with Gasteiger partial charge in [-0.2, -0.15) is 0 Å². The molecule has 1 fully saturated rings. The Bertz CT molecular complexity index is 804. The number of nitrogens with zero attached hydrogens (tertiary/aromatic N) is 2. The van der Waals surface area contributed by atoms with Crippen LogP contribution in [0.1, 0.15) is 39.6 Å². The van der Waals surface area contributed by atoms with Crippen LogP contribution in [0.25, 0.3) is 0 Å². The molecule has 1 heterocycles. The number of hydrogen-bond acceptors (Lipinski definition) is 3. The summed E-state index contributed by atoms with van der Waals surface area (Å²) >= 11 is 0. The van der Waals surface area contributed by atoms with Gasteiger partial charge < -0.3 is 14.5 Å². The second-order valence-electron chi connectivity index (χ2n) is 6.72. The SMILES string of the molecule is CCOc1ccc(C(=O)N2CCCN(C(=O)c3ccccc3)CC2)cc1C. The van der Waals surface area contributed by atoms with Crippen molar-refractivity contribution in [2.45, 2.75) is 20.3 Å². The molecular formula is C22H26N2O3. The van der Waals surface area contributed by atoms with Crippen molar-refractivity contribution < 1.29 is 14.3 Å². The fourth-order valence-electron chi connectivity index (χ4n) is 3.37. The third kappa shape index (κ3) is 4.48. The lowest BCUT2D eigenvalue weighted by Crippen LogP contribution is -2.37. The molecule has 0 atom stereocenters. The summed E-state index contributed by atoms with van der Waals surface area (Å²) in [6, 6.07) is 14.9. The van der Waals surface area contributed by atoms with Gasteiger partial charge >= 0.3 is 0 Å². The van der Waals surface area contributed by atoms with Crippen LogP contribution in [0.5, 0.6) is 5.75 Å². The number of hydrogen-bond donors (Lipinski definition) is 0. The zero-order chi connectivity index (χ0) is 19.2. The fourth-order valence-corrected chi connectivity index (χ4v) is 3.37. The van der Waals surface area contributed by atoms with Crippen molar-refractivity contribution in [1.29, 1.82) is 0 Å². The third-order valence-electron chi connectivity index (χ3n) is 4.81. The van der Waals surface area contributed by atoms with Gasteiger partial charge in [-0.15, -0.1) is 0 Å². The summed E-state index contributed by atoms with van der Waals surface area (Å²) in [4.78, 5) is 29.2. The molecule has 0 aromatic heterocycles. The van der Waals surface area contributed by atoms with Crippen LogP contribution in [-0.4, -0.2) is 54.4 Å². The summed E-state index contributed by atoms with van der Waals surface area (Å²) < 4.78 is 5.55. The molecule has 3 rings (SSSR count). The molecule has 1 aliphatic rings. The van der Waals surface area contributed by atoms with Gasteiger partial charge in [-0.05, 0) is 56.2 Å². The molecule has 2 aromatic carbocycles. The predicted octanol–water partition coefficient (Wildman–Crippen LogP) is 3.38. The molecule has 5 nitrogen and oxygen atoms in total. The number of amides is 2. The van der Waals surface area contributed by atoms with Crippen LogP contribution in [0.2, 0.25) is 0 Å². The first-order valence-electron chi connectivity index (χ1n) is 9.47. The monoisotopic (exact) mass is 366 g/mol. The molecule has 0 radical (unpaired) electrons. The Balaban J connectivity index is 1.66. The maximum atomic E-state index is 12.9. The van der Waals surface area contributed by atoms with Crippen molar-refractivity contribution in [1.82, 2.24) is 9.80 Å². The number of rotatable bonds is 4. The third-order valence-corrected chi connectivity index (χ3v) is 4.81. The van der Waals surface area contributed by atoms with E-state index in [1.165, 1.54) is 0 Å². The lowest BCUT2D eigenvalue weighted by molar-refractivity contribution is 0.0718. The molecule has 0 spiro atoms. The van der Waals surface area contributed by atoms with Gasteiger partial charge in [0, 0.05) is 37.3 Å². The molecule has 0 aliphatic carbocycles. The number of aryl methyl sites for hydroxylation is 1. The van der Waals surface area contributed by atoms with Gasteiger partial charge in [0.25, 0.3) is 11.8 Å². The minimum atomic E-state index is 0.00941. The lowest BCUT2D eigenvalue weighted by Gasteiger charge is -2.22. The Labute approximate surface area is 160 Å². The number of ether oxygens (including phenoxy) is 1. The zero-order valence-corrected chi connectivity index (χ0v) is 16.0. The van der Waals surface area contributed by atoms with Crippen LogP contribution < -0.4 is 4.74 Å². The molecule has 2 aromatic rings. The van der Waals surface area contributed by atoms with Gasteiger partial charge in [0.1, 0.15) is 5.75 Å². The van der Waals surface area contributed by atoms with E-state index >= 15 is 0 Å². The van der Waals surface area contributed by atoms with E-state index in [2.05, 4.69) is 0 Å². The quantitative estimate of drug-likeness (QED) is 0.833. The second kappa shape index (κ2) is 8.71. The zero-order valence-electron chi connectivity index (χ0n) is 16.0. The summed E-state index contributed by atoms with van der Waals surface area (Å²) in [5.74, 6) is 0.849. The summed E-state index contributed by atoms with van der Waals surface area (Å²) in [6.45, 7) is 6.91. The van der Waals surface area contributed by atoms with E-state index < -0.39 is 0 Å². The number of carbonyl (C=O) groups is 2. The predicted molar refractivity (Wildman–Crippen MR) is 105 cm³/mol. The van der Waals surface area contributed by atoms with Crippen molar-refractivity contribution in [2.75, 3.05) is 32.8 Å². The largest absolute Gasteiger partial charge is 0.494 e. The molecule has 0 unspecified atom stereocenters. The minimum absolute atomic E-state index is 0.00941. The molecule has 2 amide bonds. The van der Waals surface area contributed by atoms with Gasteiger partial charge in [-0.25, -0.2) is 0 Å². The molecule has 27 heavy (non-hydrogen) atoms. The summed E-state index contributed by atoms with van der Waals surface area (Å²) in [7, 11) is 0. The number of carbonyl (C=O) groups excluding carboxylic acids is 2. The van der Waals surface area contributed by atoms with Crippen LogP contribution in [0.4, 0.5) is 0 Å². The molecule has 1 saturated heterocycles. The molecule has 0 saturated carbocycles. The first kappa shape index (κ1) is 19.0. The second-order valence-corrected chi connectivity index (χ2v) is 6.72. The standard InChI is InChI=1S/C22H26N2O3/c1-3-27-20-11-10-19(16-17(20)2)22(26)24-13-7-12-23(14-15-24)21(25)18-8-5-4-6-9-18/h4-6,8-11,16H,3,7,12-15H2,1-2H3. The molecule has 1 aliphatic heterocycles. The summed E-state index contributed by atoms with van der Waals surface area (Å²) in [6.07, 6.45) is 0.778. The highest BCUT2D eigenvalue weighted by molar-refractivity contribution is 5.95. The van der Waals surface area contributed by atoms with E-state index in [-0.39, 0.29) is 11.8 Å². The van der Waals surface area contributed by atoms with E-state index in [9.17, 15) is 9.59 Å². The molecular weight excluding hydrogens is 340 g/mol. The van der Waals surface area contributed by atoms with Crippen molar-refractivity contribution in [3.63, 3.8) is 0 Å². The van der Waals surface area contributed by atoms with E-state index in [0.29, 0.717) is 43.9 Å². The van der Waals surface area contributed by atoms with Crippen LogP contribution in [0.15, 0.2) is 48.5 Å². The maximum absolute atomic E-state index is 12.9. The Hall–Kier alpha value is -2.82. The van der Waals surface area contributed by atoms with E-state index in [1.54, 1.807) is 0 Å². The first-order valence-corrected chi connectivity index (χ1v) is 9.47. The molecule has 0 N–H and O–H groups in total. The smallest absolute Gasteiger partial charge is 0.253 e. The Kier molecular flexibility index (Phi) is 6.12. The maximum Gasteiger partial charge on any atom is 0.253 e. The Morgan fingerprint density at radius 2 is 1.52 bits per heavy atom. The first-order chi connectivity index (χ1) is 13.1. The van der Waals surface area contributed by atoms with E-state index in [0.717, 1.165) is 17.7 Å². The van der Waals surface area contributed by atoms with Crippen LogP contribution in [0, 0.1) is 6.92 Å². The van der Waals surface area contributed by atoms with Gasteiger partial charge in [0.2, 0.25) is 0 Å².